The summed E-state index contributed by atoms with van der Waals surface area (Å²) in [7, 11) is -7.37. The molecule has 0 radical (unpaired) electrons. The Morgan fingerprint density at radius 2 is 1.47 bits per heavy atom. The van der Waals surface area contributed by atoms with Gasteiger partial charge in [0.05, 0.1) is 5.75 Å². The molecule has 11 heteroatoms. The summed E-state index contributed by atoms with van der Waals surface area (Å²) in [6.45, 7) is 0. The number of benzene rings is 1. The summed E-state index contributed by atoms with van der Waals surface area (Å²) >= 11 is 0. The van der Waals surface area contributed by atoms with Crippen molar-refractivity contribution in [3.05, 3.63) is 30.3 Å². The van der Waals surface area contributed by atoms with Crippen LogP contribution in [0.1, 0.15) is 0 Å². The van der Waals surface area contributed by atoms with E-state index in [0.717, 1.165) is 0 Å². The molecule has 0 saturated heterocycles. The molecular weight excluding hydrogens is 306 g/mol. The Hall–Kier alpha value is 1.63. The molecule has 84 valence electrons. The van der Waals surface area contributed by atoms with Gasteiger partial charge in [-0.3, -0.25) is 0 Å². The SMILES string of the molecule is O=P([O-])([O-])[O-].[Ca+2].[Ca+2].[O-]B(O)Oc1ccccc1. The van der Waals surface area contributed by atoms with Gasteiger partial charge in [-0.1, -0.05) is 18.2 Å². The molecule has 0 bridgehead atoms. The third-order valence-electron chi connectivity index (χ3n) is 0.980. The molecule has 0 fully saturated rings. The molecule has 0 heterocycles. The summed E-state index contributed by atoms with van der Waals surface area (Å²) in [5, 5.41) is 18.3. The van der Waals surface area contributed by atoms with E-state index in [2.05, 4.69) is 4.65 Å². The van der Waals surface area contributed by atoms with Crippen molar-refractivity contribution in [1.29, 1.82) is 0 Å². The van der Waals surface area contributed by atoms with Gasteiger partial charge < -0.3 is 33.9 Å². The van der Waals surface area contributed by atoms with Gasteiger partial charge in [0.15, 0.2) is 0 Å². The maximum atomic E-state index is 10.0. The van der Waals surface area contributed by atoms with E-state index in [1.54, 1.807) is 30.3 Å². The second-order valence-electron chi connectivity index (χ2n) is 2.19. The minimum atomic E-state index is -5.39. The molecule has 7 nitrogen and oxygen atoms in total. The van der Waals surface area contributed by atoms with Crippen molar-refractivity contribution in [2.24, 2.45) is 0 Å². The quantitative estimate of drug-likeness (QED) is 0.431. The smallest absolute Gasteiger partial charge is 0.822 e. The van der Waals surface area contributed by atoms with E-state index in [4.69, 9.17) is 24.3 Å². The fourth-order valence-corrected chi connectivity index (χ4v) is 0.615. The Morgan fingerprint density at radius 3 is 1.76 bits per heavy atom. The van der Waals surface area contributed by atoms with E-state index < -0.39 is 15.1 Å². The number of hydrogen-bond donors (Lipinski definition) is 1. The molecule has 0 spiro atoms. The average Bonchev–Trinajstić information content (AvgIpc) is 2.01. The Labute approximate surface area is 158 Å². The number of rotatable bonds is 2. The van der Waals surface area contributed by atoms with Crippen molar-refractivity contribution in [1.82, 2.24) is 0 Å². The maximum Gasteiger partial charge on any atom is 2.00 e. The molecular formula is C6H6BCa2O7P. The number of phosphoric acid groups is 1. The predicted molar refractivity (Wildman–Crippen MR) is 54.2 cm³/mol. The van der Waals surface area contributed by atoms with Crippen LogP contribution in [-0.4, -0.2) is 87.8 Å². The Kier molecular flexibility index (Phi) is 17.7. The molecule has 17 heavy (non-hydrogen) atoms. The van der Waals surface area contributed by atoms with Crippen molar-refractivity contribution in [2.45, 2.75) is 0 Å². The van der Waals surface area contributed by atoms with Crippen LogP contribution in [0.2, 0.25) is 0 Å². The second-order valence-corrected chi connectivity index (χ2v) is 3.08. The summed E-state index contributed by atoms with van der Waals surface area (Å²) in [5.74, 6) is 0.380. The largest absolute Gasteiger partial charge is 2.00 e. The van der Waals surface area contributed by atoms with E-state index in [0.29, 0.717) is 5.75 Å². The van der Waals surface area contributed by atoms with Crippen LogP contribution < -0.4 is 24.4 Å². The van der Waals surface area contributed by atoms with Crippen LogP contribution in [0.4, 0.5) is 0 Å². The molecule has 0 aliphatic carbocycles. The molecule has 0 atom stereocenters. The van der Waals surface area contributed by atoms with E-state index in [1.165, 1.54) is 0 Å². The van der Waals surface area contributed by atoms with E-state index in [-0.39, 0.29) is 75.5 Å². The molecule has 1 aromatic rings. The van der Waals surface area contributed by atoms with Crippen molar-refractivity contribution >= 4 is 90.6 Å². The number of para-hydroxylation sites is 1. The van der Waals surface area contributed by atoms with E-state index in [9.17, 15) is 5.02 Å². The Balaban J connectivity index is -0.000000247. The first-order valence-electron chi connectivity index (χ1n) is 3.57. The third kappa shape index (κ3) is 23.2. The first-order valence-corrected chi connectivity index (χ1v) is 5.04. The van der Waals surface area contributed by atoms with Gasteiger partial charge in [0.2, 0.25) is 0 Å². The standard InChI is InChI=1S/C6H6BO3.2Ca.H3O4P/c8-7(9)10-6-4-2-1-3-5-6;;;1-5(2,3)4/h1-5,8H;;;(H3,1,2,3,4)/q-1;2*+2;/p-3. The molecule has 1 rings (SSSR count). The van der Waals surface area contributed by atoms with Crippen LogP contribution in [0.25, 0.3) is 0 Å². The normalized spacial score (nSPS) is 8.76. The monoisotopic (exact) mass is 312 g/mol. The summed E-state index contributed by atoms with van der Waals surface area (Å²) < 4.78 is 13.0. The Bertz CT molecular complexity index is 311. The first kappa shape index (κ1) is 23.7. The van der Waals surface area contributed by atoms with Gasteiger partial charge >= 0.3 is 82.8 Å². The van der Waals surface area contributed by atoms with Gasteiger partial charge in [0, 0.05) is 0 Å². The zero-order valence-corrected chi connectivity index (χ0v) is 14.0. The van der Waals surface area contributed by atoms with Gasteiger partial charge in [-0.05, 0) is 12.1 Å². The minimum absolute atomic E-state index is 0. The molecule has 0 amide bonds. The average molecular weight is 312 g/mol. The molecule has 0 aliphatic heterocycles. The van der Waals surface area contributed by atoms with Gasteiger partial charge in [-0.2, -0.15) is 7.82 Å². The molecule has 0 aliphatic rings. The van der Waals surface area contributed by atoms with Crippen LogP contribution in [0.5, 0.6) is 5.75 Å². The van der Waals surface area contributed by atoms with Crippen molar-refractivity contribution in [2.75, 3.05) is 0 Å². The van der Waals surface area contributed by atoms with Gasteiger partial charge in [0.1, 0.15) is 0 Å². The first-order chi connectivity index (χ1) is 6.79. The summed E-state index contributed by atoms with van der Waals surface area (Å²) in [6.07, 6.45) is 0. The van der Waals surface area contributed by atoms with E-state index >= 15 is 0 Å². The molecule has 0 saturated carbocycles. The predicted octanol–water partition coefficient (Wildman–Crippen LogP) is -4.18. The van der Waals surface area contributed by atoms with Crippen LogP contribution in [0.15, 0.2) is 30.3 Å². The number of hydrogen-bond acceptors (Lipinski definition) is 7. The third-order valence-corrected chi connectivity index (χ3v) is 0.980. The van der Waals surface area contributed by atoms with Crippen molar-refractivity contribution in [3.63, 3.8) is 0 Å². The van der Waals surface area contributed by atoms with Gasteiger partial charge in [-0.25, -0.2) is 0 Å². The summed E-state index contributed by atoms with van der Waals surface area (Å²) in [5.41, 5.74) is 0. The van der Waals surface area contributed by atoms with Crippen LogP contribution in [-0.2, 0) is 4.57 Å². The Morgan fingerprint density at radius 1 is 1.12 bits per heavy atom. The van der Waals surface area contributed by atoms with Crippen LogP contribution in [0, 0.1) is 0 Å². The zero-order chi connectivity index (χ0) is 11.9. The second kappa shape index (κ2) is 12.7. The zero-order valence-electron chi connectivity index (χ0n) is 8.72. The topological polar surface area (TPSA) is 139 Å². The van der Waals surface area contributed by atoms with Crippen LogP contribution >= 0.6 is 7.82 Å². The van der Waals surface area contributed by atoms with Gasteiger partial charge in [0.25, 0.3) is 0 Å². The van der Waals surface area contributed by atoms with Crippen molar-refractivity contribution in [3.8, 4) is 5.75 Å². The van der Waals surface area contributed by atoms with Crippen molar-refractivity contribution < 1.29 is 33.9 Å². The van der Waals surface area contributed by atoms with Crippen LogP contribution in [0.3, 0.4) is 0 Å². The molecule has 1 N–H and O–H groups in total. The summed E-state index contributed by atoms with van der Waals surface area (Å²) in [4.78, 5) is 25.6. The van der Waals surface area contributed by atoms with E-state index in [1.807, 2.05) is 0 Å². The fourth-order valence-electron chi connectivity index (χ4n) is 0.615. The molecule has 0 aromatic heterocycles. The minimum Gasteiger partial charge on any atom is -0.822 e. The van der Waals surface area contributed by atoms with Gasteiger partial charge in [-0.15, -0.1) is 0 Å². The maximum absolute atomic E-state index is 10.0. The summed E-state index contributed by atoms with van der Waals surface area (Å²) in [6, 6.07) is 8.43. The molecule has 1 aromatic carbocycles. The molecule has 0 unspecified atom stereocenters. The fraction of sp³-hybridized carbons (Fsp3) is 0.